The molecular weight excluding hydrogens is 395 g/mol. The van der Waals surface area contributed by atoms with Gasteiger partial charge in [0.1, 0.15) is 0 Å². The largest absolute Gasteiger partial charge is 0.399 e. The zero-order valence-electron chi connectivity index (χ0n) is 10.7. The van der Waals surface area contributed by atoms with Crippen molar-refractivity contribution in [2.24, 2.45) is 0 Å². The molecule has 3 N–H and O–H groups in total. The van der Waals surface area contributed by atoms with Crippen molar-refractivity contribution in [3.8, 4) is 0 Å². The Bertz CT molecular complexity index is 659. The van der Waals surface area contributed by atoms with Crippen molar-refractivity contribution in [2.45, 2.75) is 4.90 Å². The summed E-state index contributed by atoms with van der Waals surface area (Å²) in [7, 11) is 0. The van der Waals surface area contributed by atoms with Crippen LogP contribution in [0.1, 0.15) is 0 Å². The van der Waals surface area contributed by atoms with E-state index in [2.05, 4.69) is 21.2 Å². The number of thioether (sulfide) groups is 1. The maximum absolute atomic E-state index is 12.0. The van der Waals surface area contributed by atoms with E-state index < -0.39 is 0 Å². The predicted octanol–water partition coefficient (Wildman–Crippen LogP) is 5.07. The van der Waals surface area contributed by atoms with Gasteiger partial charge < -0.3 is 11.1 Å². The van der Waals surface area contributed by atoms with Crippen molar-refractivity contribution < 1.29 is 4.79 Å². The Morgan fingerprint density at radius 1 is 1.24 bits per heavy atom. The van der Waals surface area contributed by atoms with Crippen LogP contribution >= 0.6 is 50.9 Å². The molecule has 2 aromatic carbocycles. The molecule has 110 valence electrons. The smallest absolute Gasteiger partial charge is 0.234 e. The molecule has 0 bridgehead atoms. The monoisotopic (exact) mass is 404 g/mol. The van der Waals surface area contributed by atoms with E-state index in [1.807, 2.05) is 24.3 Å². The molecule has 0 unspecified atom stereocenters. The third-order valence-electron chi connectivity index (χ3n) is 2.49. The molecule has 0 aliphatic rings. The van der Waals surface area contributed by atoms with Crippen LogP contribution in [0.3, 0.4) is 0 Å². The molecular formula is C14H11BrCl2N2OS. The standard InChI is InChI=1S/C14H11BrCl2N2OS/c15-8-2-1-3-10(4-8)21-7-13(20)19-14-11(16)5-9(18)6-12(14)17/h1-6H,7,18H2,(H,19,20). The average molecular weight is 406 g/mol. The van der Waals surface area contributed by atoms with E-state index in [1.54, 1.807) is 12.1 Å². The number of halogens is 3. The zero-order valence-corrected chi connectivity index (χ0v) is 14.6. The van der Waals surface area contributed by atoms with Gasteiger partial charge in [0.2, 0.25) is 5.91 Å². The fourth-order valence-corrected chi connectivity index (χ4v) is 3.50. The molecule has 0 spiro atoms. The van der Waals surface area contributed by atoms with E-state index in [9.17, 15) is 4.79 Å². The Hall–Kier alpha value is -0.880. The first kappa shape index (κ1) is 16.5. The van der Waals surface area contributed by atoms with E-state index in [1.165, 1.54) is 11.8 Å². The van der Waals surface area contributed by atoms with E-state index >= 15 is 0 Å². The summed E-state index contributed by atoms with van der Waals surface area (Å²) < 4.78 is 0.970. The average Bonchev–Trinajstić information content (AvgIpc) is 2.40. The Kier molecular flexibility index (Phi) is 5.81. The molecule has 0 aliphatic heterocycles. The SMILES string of the molecule is Nc1cc(Cl)c(NC(=O)CSc2cccc(Br)c2)c(Cl)c1. The highest BCUT2D eigenvalue weighted by Crippen LogP contribution is 2.33. The van der Waals surface area contributed by atoms with Crippen LogP contribution in [0.25, 0.3) is 0 Å². The highest BCUT2D eigenvalue weighted by atomic mass is 79.9. The van der Waals surface area contributed by atoms with Crippen LogP contribution in [0.4, 0.5) is 11.4 Å². The second kappa shape index (κ2) is 7.40. The van der Waals surface area contributed by atoms with Crippen molar-refractivity contribution in [1.29, 1.82) is 0 Å². The highest BCUT2D eigenvalue weighted by molar-refractivity contribution is 9.10. The van der Waals surface area contributed by atoms with Crippen molar-refractivity contribution >= 4 is 68.2 Å². The van der Waals surface area contributed by atoms with Crippen molar-refractivity contribution in [3.63, 3.8) is 0 Å². The molecule has 7 heteroatoms. The van der Waals surface area contributed by atoms with Crippen LogP contribution in [0.2, 0.25) is 10.0 Å². The number of amides is 1. The zero-order chi connectivity index (χ0) is 15.4. The number of carbonyl (C=O) groups excluding carboxylic acids is 1. The van der Waals surface area contributed by atoms with Gasteiger partial charge in [0.25, 0.3) is 0 Å². The maximum Gasteiger partial charge on any atom is 0.234 e. The lowest BCUT2D eigenvalue weighted by Crippen LogP contribution is -2.14. The molecule has 3 nitrogen and oxygen atoms in total. The topological polar surface area (TPSA) is 55.1 Å². The molecule has 1 amide bonds. The number of nitrogens with two attached hydrogens (primary N) is 1. The van der Waals surface area contributed by atoms with Crippen molar-refractivity contribution in [1.82, 2.24) is 0 Å². The molecule has 0 aromatic heterocycles. The summed E-state index contributed by atoms with van der Waals surface area (Å²) in [6.45, 7) is 0. The second-order valence-corrected chi connectivity index (χ2v) is 6.93. The summed E-state index contributed by atoms with van der Waals surface area (Å²) in [5, 5.41) is 3.34. The first-order chi connectivity index (χ1) is 9.95. The molecule has 21 heavy (non-hydrogen) atoms. The lowest BCUT2D eigenvalue weighted by Gasteiger charge is -2.10. The highest BCUT2D eigenvalue weighted by Gasteiger charge is 2.11. The van der Waals surface area contributed by atoms with Crippen LogP contribution in [0.5, 0.6) is 0 Å². The Balaban J connectivity index is 1.99. The molecule has 0 saturated carbocycles. The van der Waals surface area contributed by atoms with E-state index in [0.717, 1.165) is 9.37 Å². The fourth-order valence-electron chi connectivity index (χ4n) is 1.59. The summed E-state index contributed by atoms with van der Waals surface area (Å²) >= 11 is 16.9. The quantitative estimate of drug-likeness (QED) is 0.551. The van der Waals surface area contributed by atoms with Crippen LogP contribution in [-0.4, -0.2) is 11.7 Å². The number of benzene rings is 2. The van der Waals surface area contributed by atoms with Gasteiger partial charge >= 0.3 is 0 Å². The van der Waals surface area contributed by atoms with Gasteiger partial charge in [-0.15, -0.1) is 11.8 Å². The first-order valence-electron chi connectivity index (χ1n) is 5.88. The molecule has 0 heterocycles. The normalized spacial score (nSPS) is 10.4. The van der Waals surface area contributed by atoms with Crippen molar-refractivity contribution in [3.05, 3.63) is 50.9 Å². The molecule has 0 saturated heterocycles. The number of carbonyl (C=O) groups is 1. The number of anilines is 2. The van der Waals surface area contributed by atoms with E-state index in [0.29, 0.717) is 21.4 Å². The van der Waals surface area contributed by atoms with Crippen LogP contribution in [0, 0.1) is 0 Å². The molecule has 0 radical (unpaired) electrons. The number of nitrogens with one attached hydrogen (secondary N) is 1. The minimum atomic E-state index is -0.187. The van der Waals surface area contributed by atoms with Crippen LogP contribution in [-0.2, 0) is 4.79 Å². The van der Waals surface area contributed by atoms with E-state index in [-0.39, 0.29) is 11.7 Å². The third kappa shape index (κ3) is 4.81. The molecule has 2 rings (SSSR count). The van der Waals surface area contributed by atoms with Crippen molar-refractivity contribution in [2.75, 3.05) is 16.8 Å². The summed E-state index contributed by atoms with van der Waals surface area (Å²) in [6, 6.07) is 10.8. The predicted molar refractivity (Wildman–Crippen MR) is 94.4 cm³/mol. The summed E-state index contributed by atoms with van der Waals surface area (Å²) in [5.74, 6) is 0.0709. The van der Waals surface area contributed by atoms with Crippen LogP contribution < -0.4 is 11.1 Å². The lowest BCUT2D eigenvalue weighted by atomic mass is 10.3. The van der Waals surface area contributed by atoms with Gasteiger partial charge in [0, 0.05) is 15.1 Å². The number of nitrogen functional groups attached to an aromatic ring is 1. The van der Waals surface area contributed by atoms with Crippen LogP contribution in [0.15, 0.2) is 45.8 Å². The second-order valence-electron chi connectivity index (χ2n) is 4.15. The summed E-state index contributed by atoms with van der Waals surface area (Å²) in [6.07, 6.45) is 0. The van der Waals surface area contributed by atoms with Gasteiger partial charge in [0.15, 0.2) is 0 Å². The van der Waals surface area contributed by atoms with Gasteiger partial charge in [0.05, 0.1) is 21.5 Å². The lowest BCUT2D eigenvalue weighted by molar-refractivity contribution is -0.113. The number of hydrogen-bond acceptors (Lipinski definition) is 3. The summed E-state index contributed by atoms with van der Waals surface area (Å²) in [4.78, 5) is 13.0. The molecule has 2 aromatic rings. The fraction of sp³-hybridized carbons (Fsp3) is 0.0714. The third-order valence-corrected chi connectivity index (χ3v) is 4.58. The van der Waals surface area contributed by atoms with Gasteiger partial charge in [-0.25, -0.2) is 0 Å². The Labute approximate surface area is 145 Å². The Morgan fingerprint density at radius 3 is 2.52 bits per heavy atom. The molecule has 0 fully saturated rings. The van der Waals surface area contributed by atoms with Gasteiger partial charge in [-0.2, -0.15) is 0 Å². The maximum atomic E-state index is 12.0. The minimum Gasteiger partial charge on any atom is -0.399 e. The number of hydrogen-bond donors (Lipinski definition) is 2. The number of rotatable bonds is 4. The summed E-state index contributed by atoms with van der Waals surface area (Å²) in [5.41, 5.74) is 6.45. The van der Waals surface area contributed by atoms with E-state index in [4.69, 9.17) is 28.9 Å². The minimum absolute atomic E-state index is 0.187. The Morgan fingerprint density at radius 2 is 1.90 bits per heavy atom. The molecule has 0 atom stereocenters. The van der Waals surface area contributed by atoms with Gasteiger partial charge in [-0.3, -0.25) is 4.79 Å². The molecule has 0 aliphatic carbocycles. The van der Waals surface area contributed by atoms with Gasteiger partial charge in [-0.05, 0) is 30.3 Å². The first-order valence-corrected chi connectivity index (χ1v) is 8.42. The van der Waals surface area contributed by atoms with Gasteiger partial charge in [-0.1, -0.05) is 45.2 Å².